The lowest BCUT2D eigenvalue weighted by molar-refractivity contribution is -0.122. The molecule has 0 saturated carbocycles. The molecule has 1 N–H and O–H groups in total. The number of hydrogen-bond acceptors (Lipinski definition) is 4. The Morgan fingerprint density at radius 2 is 1.78 bits per heavy atom. The van der Waals surface area contributed by atoms with E-state index in [1.165, 1.54) is 11.1 Å². The minimum absolute atomic E-state index is 0.0413. The van der Waals surface area contributed by atoms with E-state index in [4.69, 9.17) is 4.42 Å². The molecule has 0 spiro atoms. The summed E-state index contributed by atoms with van der Waals surface area (Å²) in [5.74, 6) is 1.69. The van der Waals surface area contributed by atoms with E-state index >= 15 is 0 Å². The molecule has 1 heterocycles. The predicted octanol–water partition coefficient (Wildman–Crippen LogP) is 3.18. The van der Waals surface area contributed by atoms with Gasteiger partial charge in [-0.25, -0.2) is 0 Å². The number of aromatic nitrogens is 2. The van der Waals surface area contributed by atoms with Crippen molar-refractivity contribution < 1.29 is 9.21 Å². The van der Waals surface area contributed by atoms with E-state index in [1.54, 1.807) is 0 Å². The third-order valence-electron chi connectivity index (χ3n) is 4.31. The van der Waals surface area contributed by atoms with E-state index in [-0.39, 0.29) is 17.9 Å². The van der Waals surface area contributed by atoms with Crippen molar-refractivity contribution in [3.8, 4) is 0 Å². The third kappa shape index (κ3) is 3.60. The summed E-state index contributed by atoms with van der Waals surface area (Å²) in [5, 5.41) is 11.0. The highest BCUT2D eigenvalue weighted by atomic mass is 16.4. The number of rotatable bonds is 5. The fourth-order valence-corrected chi connectivity index (χ4v) is 3.07. The van der Waals surface area contributed by atoms with Crippen LogP contribution in [0.4, 0.5) is 0 Å². The second-order valence-electron chi connectivity index (χ2n) is 6.67. The number of hydrogen-bond donors (Lipinski definition) is 1. The van der Waals surface area contributed by atoms with Gasteiger partial charge in [0, 0.05) is 12.3 Å². The Bertz CT molecular complexity index is 668. The standard InChI is InChI=1S/C18H23N3O2/c1-11(2)17-20-21-18(23-17)12(3)19-16(22)10-13-8-14-6-4-5-7-15(14)9-13/h4-7,11-13H,8-10H2,1-3H3,(H,19,22). The predicted molar refractivity (Wildman–Crippen MR) is 86.9 cm³/mol. The first-order chi connectivity index (χ1) is 11.0. The molecule has 122 valence electrons. The molecule has 0 bridgehead atoms. The van der Waals surface area contributed by atoms with Crippen LogP contribution in [0.3, 0.4) is 0 Å². The van der Waals surface area contributed by atoms with Crippen molar-refractivity contribution in [1.29, 1.82) is 0 Å². The Morgan fingerprint density at radius 1 is 1.17 bits per heavy atom. The maximum atomic E-state index is 12.3. The number of nitrogens with one attached hydrogen (secondary N) is 1. The number of fused-ring (bicyclic) bond motifs is 1. The zero-order valence-electron chi connectivity index (χ0n) is 13.9. The average Bonchev–Trinajstić information content (AvgIpc) is 3.13. The Labute approximate surface area is 136 Å². The number of nitrogens with zero attached hydrogens (tertiary/aromatic N) is 2. The average molecular weight is 313 g/mol. The maximum Gasteiger partial charge on any atom is 0.238 e. The normalized spacial score (nSPS) is 15.7. The summed E-state index contributed by atoms with van der Waals surface area (Å²) >= 11 is 0. The topological polar surface area (TPSA) is 68.0 Å². The van der Waals surface area contributed by atoms with Crippen LogP contribution in [0.25, 0.3) is 0 Å². The molecule has 1 unspecified atom stereocenters. The van der Waals surface area contributed by atoms with Crippen molar-refractivity contribution in [3.63, 3.8) is 0 Å². The summed E-state index contributed by atoms with van der Waals surface area (Å²) in [4.78, 5) is 12.3. The van der Waals surface area contributed by atoms with Crippen LogP contribution in [0.1, 0.15) is 62.1 Å². The van der Waals surface area contributed by atoms with Gasteiger partial charge in [-0.1, -0.05) is 38.1 Å². The molecule has 0 aliphatic heterocycles. The molecule has 1 aliphatic rings. The SMILES string of the molecule is CC(C)c1nnc(C(C)NC(=O)CC2Cc3ccccc3C2)o1. The Balaban J connectivity index is 1.53. The van der Waals surface area contributed by atoms with Crippen LogP contribution in [-0.4, -0.2) is 16.1 Å². The molecule has 5 heteroatoms. The molecule has 1 aromatic carbocycles. The minimum Gasteiger partial charge on any atom is -0.423 e. The van der Waals surface area contributed by atoms with Gasteiger partial charge < -0.3 is 9.73 Å². The second-order valence-corrected chi connectivity index (χ2v) is 6.67. The monoisotopic (exact) mass is 313 g/mol. The van der Waals surface area contributed by atoms with Crippen LogP contribution in [0.2, 0.25) is 0 Å². The lowest BCUT2D eigenvalue weighted by Gasteiger charge is -2.13. The molecule has 2 aromatic rings. The van der Waals surface area contributed by atoms with E-state index < -0.39 is 0 Å². The van der Waals surface area contributed by atoms with Crippen LogP contribution >= 0.6 is 0 Å². The molecule has 0 saturated heterocycles. The molecule has 1 aliphatic carbocycles. The zero-order valence-corrected chi connectivity index (χ0v) is 13.9. The first-order valence-corrected chi connectivity index (χ1v) is 8.22. The Morgan fingerprint density at radius 3 is 2.35 bits per heavy atom. The van der Waals surface area contributed by atoms with Crippen molar-refractivity contribution in [1.82, 2.24) is 15.5 Å². The first-order valence-electron chi connectivity index (χ1n) is 8.22. The largest absolute Gasteiger partial charge is 0.423 e. The van der Waals surface area contributed by atoms with Crippen LogP contribution in [0, 0.1) is 5.92 Å². The van der Waals surface area contributed by atoms with Gasteiger partial charge in [0.2, 0.25) is 17.7 Å². The van der Waals surface area contributed by atoms with Gasteiger partial charge in [-0.15, -0.1) is 10.2 Å². The summed E-state index contributed by atoms with van der Waals surface area (Å²) in [6.07, 6.45) is 2.50. The van der Waals surface area contributed by atoms with Gasteiger partial charge >= 0.3 is 0 Å². The van der Waals surface area contributed by atoms with Crippen molar-refractivity contribution in [2.24, 2.45) is 5.92 Å². The number of amides is 1. The summed E-state index contributed by atoms with van der Waals surface area (Å²) in [6, 6.07) is 8.17. The van der Waals surface area contributed by atoms with Gasteiger partial charge in [0.25, 0.3) is 0 Å². The quantitative estimate of drug-likeness (QED) is 0.920. The zero-order chi connectivity index (χ0) is 16.4. The van der Waals surface area contributed by atoms with Crippen LogP contribution < -0.4 is 5.32 Å². The number of carbonyl (C=O) groups is 1. The molecule has 1 aromatic heterocycles. The van der Waals surface area contributed by atoms with E-state index in [0.717, 1.165) is 12.8 Å². The van der Waals surface area contributed by atoms with Gasteiger partial charge in [-0.3, -0.25) is 4.79 Å². The molecule has 1 amide bonds. The van der Waals surface area contributed by atoms with Gasteiger partial charge in [0.1, 0.15) is 6.04 Å². The minimum atomic E-state index is -0.258. The molecular weight excluding hydrogens is 290 g/mol. The fourth-order valence-electron chi connectivity index (χ4n) is 3.07. The van der Waals surface area contributed by atoms with Gasteiger partial charge in [-0.05, 0) is 36.8 Å². The van der Waals surface area contributed by atoms with Gasteiger partial charge in [-0.2, -0.15) is 0 Å². The summed E-state index contributed by atoms with van der Waals surface area (Å²) in [7, 11) is 0. The molecule has 0 fully saturated rings. The first kappa shape index (κ1) is 15.7. The van der Waals surface area contributed by atoms with E-state index in [0.29, 0.717) is 24.1 Å². The van der Waals surface area contributed by atoms with Crippen molar-refractivity contribution in [3.05, 3.63) is 47.2 Å². The highest BCUT2D eigenvalue weighted by Crippen LogP contribution is 2.28. The number of carbonyl (C=O) groups excluding carboxylic acids is 1. The third-order valence-corrected chi connectivity index (χ3v) is 4.31. The van der Waals surface area contributed by atoms with Crippen molar-refractivity contribution in [2.45, 2.75) is 52.0 Å². The molecule has 5 nitrogen and oxygen atoms in total. The van der Waals surface area contributed by atoms with E-state index in [9.17, 15) is 4.79 Å². The van der Waals surface area contributed by atoms with Crippen molar-refractivity contribution in [2.75, 3.05) is 0 Å². The van der Waals surface area contributed by atoms with E-state index in [2.05, 4.69) is 39.8 Å². The maximum absolute atomic E-state index is 12.3. The second kappa shape index (κ2) is 6.52. The molecule has 23 heavy (non-hydrogen) atoms. The molecule has 0 radical (unpaired) electrons. The Kier molecular flexibility index (Phi) is 4.46. The van der Waals surface area contributed by atoms with Crippen molar-refractivity contribution >= 4 is 5.91 Å². The molecule has 3 rings (SSSR count). The Hall–Kier alpha value is -2.17. The lowest BCUT2D eigenvalue weighted by atomic mass is 10.0. The van der Waals surface area contributed by atoms with E-state index in [1.807, 2.05) is 20.8 Å². The highest BCUT2D eigenvalue weighted by molar-refractivity contribution is 5.76. The number of benzene rings is 1. The molecule has 1 atom stereocenters. The van der Waals surface area contributed by atoms with Crippen LogP contribution in [-0.2, 0) is 17.6 Å². The molecular formula is C18H23N3O2. The van der Waals surface area contributed by atoms with Crippen LogP contribution in [0.5, 0.6) is 0 Å². The summed E-state index contributed by atoms with van der Waals surface area (Å²) in [6.45, 7) is 5.87. The fraction of sp³-hybridized carbons (Fsp3) is 0.500. The highest BCUT2D eigenvalue weighted by Gasteiger charge is 2.24. The summed E-state index contributed by atoms with van der Waals surface area (Å²) < 4.78 is 5.59. The summed E-state index contributed by atoms with van der Waals surface area (Å²) in [5.41, 5.74) is 2.74. The van der Waals surface area contributed by atoms with Gasteiger partial charge in [0.15, 0.2) is 0 Å². The van der Waals surface area contributed by atoms with Gasteiger partial charge in [0.05, 0.1) is 0 Å². The lowest BCUT2D eigenvalue weighted by Crippen LogP contribution is -2.28. The smallest absolute Gasteiger partial charge is 0.238 e. The van der Waals surface area contributed by atoms with Crippen LogP contribution in [0.15, 0.2) is 28.7 Å².